The molecule has 1 fully saturated rings. The summed E-state index contributed by atoms with van der Waals surface area (Å²) < 4.78 is 4.90. The molecule has 6 heteroatoms. The molecule has 0 aliphatic heterocycles. The van der Waals surface area contributed by atoms with E-state index in [9.17, 15) is 19.5 Å². The van der Waals surface area contributed by atoms with Crippen molar-refractivity contribution in [2.45, 2.75) is 13.3 Å². The first-order valence-electron chi connectivity index (χ1n) is 7.98. The second kappa shape index (κ2) is 6.47. The number of benzene rings is 1. The first-order valence-corrected chi connectivity index (χ1v) is 7.98. The van der Waals surface area contributed by atoms with Crippen LogP contribution in [0.4, 0.5) is 5.69 Å². The van der Waals surface area contributed by atoms with E-state index in [4.69, 9.17) is 4.74 Å². The molecule has 0 heterocycles. The topological polar surface area (TPSA) is 95.5 Å². The van der Waals surface area contributed by atoms with Gasteiger partial charge in [-0.2, -0.15) is 0 Å². The number of ether oxygens (including phenoxy) is 1. The van der Waals surface area contributed by atoms with Crippen molar-refractivity contribution in [1.29, 1.82) is 0 Å². The van der Waals surface area contributed by atoms with Crippen LogP contribution in [0.5, 0.6) is 0 Å². The van der Waals surface area contributed by atoms with E-state index in [-0.39, 0.29) is 17.7 Å². The standard InChI is InChI=1S/C18H19NO5/c1-2-24-18(23)10-5-7-13(8-6-10)19-16(20)14-11-3-4-12(9-11)15(14)17(21)22/h3-8,11-12,14-15H,2,9H2,1H3,(H,19,20)(H,21,22)/p-1/t11-,12-,14+,15-/m0/s1. The first kappa shape index (κ1) is 16.2. The summed E-state index contributed by atoms with van der Waals surface area (Å²) in [6, 6.07) is 6.32. The lowest BCUT2D eigenvalue weighted by molar-refractivity contribution is -0.313. The van der Waals surface area contributed by atoms with Gasteiger partial charge in [0.05, 0.1) is 18.1 Å². The van der Waals surface area contributed by atoms with Crippen molar-refractivity contribution in [2.24, 2.45) is 23.7 Å². The van der Waals surface area contributed by atoms with E-state index in [0.29, 0.717) is 24.3 Å². The normalized spacial score (nSPS) is 27.0. The number of carboxylic acids is 1. The van der Waals surface area contributed by atoms with Crippen LogP contribution in [0.2, 0.25) is 0 Å². The molecule has 1 saturated carbocycles. The molecule has 1 amide bonds. The van der Waals surface area contributed by atoms with E-state index >= 15 is 0 Å². The second-order valence-corrected chi connectivity index (χ2v) is 6.11. The molecule has 3 rings (SSSR count). The largest absolute Gasteiger partial charge is 0.550 e. The molecule has 4 atom stereocenters. The number of anilines is 1. The number of esters is 1. The Morgan fingerprint density at radius 2 is 1.75 bits per heavy atom. The van der Waals surface area contributed by atoms with Crippen molar-refractivity contribution < 1.29 is 24.2 Å². The lowest BCUT2D eigenvalue weighted by atomic mass is 9.82. The fourth-order valence-electron chi connectivity index (χ4n) is 3.63. The maximum atomic E-state index is 12.5. The highest BCUT2D eigenvalue weighted by Gasteiger charge is 2.48. The van der Waals surface area contributed by atoms with Crippen LogP contribution in [-0.4, -0.2) is 24.5 Å². The summed E-state index contributed by atoms with van der Waals surface area (Å²) in [6.07, 6.45) is 4.46. The van der Waals surface area contributed by atoms with Crippen LogP contribution in [0.3, 0.4) is 0 Å². The number of allylic oxidation sites excluding steroid dienone is 2. The lowest BCUT2D eigenvalue weighted by Crippen LogP contribution is -2.42. The number of amides is 1. The number of hydrogen-bond donors (Lipinski definition) is 1. The molecule has 0 aromatic heterocycles. The molecule has 0 radical (unpaired) electrons. The van der Waals surface area contributed by atoms with Crippen LogP contribution >= 0.6 is 0 Å². The highest BCUT2D eigenvalue weighted by Crippen LogP contribution is 2.48. The van der Waals surface area contributed by atoms with Crippen LogP contribution in [0.1, 0.15) is 23.7 Å². The van der Waals surface area contributed by atoms with Gasteiger partial charge in [-0.3, -0.25) is 4.79 Å². The number of carbonyl (C=O) groups excluding carboxylic acids is 3. The molecule has 0 spiro atoms. The molecule has 2 bridgehead atoms. The molecule has 126 valence electrons. The van der Waals surface area contributed by atoms with Crippen molar-refractivity contribution >= 4 is 23.5 Å². The quantitative estimate of drug-likeness (QED) is 0.642. The van der Waals surface area contributed by atoms with Crippen LogP contribution in [-0.2, 0) is 14.3 Å². The van der Waals surface area contributed by atoms with Crippen molar-refractivity contribution in [3.05, 3.63) is 42.0 Å². The van der Waals surface area contributed by atoms with Gasteiger partial charge >= 0.3 is 5.97 Å². The number of fused-ring (bicyclic) bond motifs is 2. The minimum Gasteiger partial charge on any atom is -0.550 e. The van der Waals surface area contributed by atoms with E-state index in [2.05, 4.69) is 5.32 Å². The van der Waals surface area contributed by atoms with E-state index in [1.807, 2.05) is 12.2 Å². The van der Waals surface area contributed by atoms with Crippen LogP contribution < -0.4 is 10.4 Å². The van der Waals surface area contributed by atoms with E-state index in [1.165, 1.54) is 0 Å². The average Bonchev–Trinajstić information content (AvgIpc) is 3.16. The van der Waals surface area contributed by atoms with Gasteiger partial charge in [-0.25, -0.2) is 4.79 Å². The molecular formula is C18H18NO5-. The second-order valence-electron chi connectivity index (χ2n) is 6.11. The van der Waals surface area contributed by atoms with Gasteiger partial charge in [0, 0.05) is 17.6 Å². The Morgan fingerprint density at radius 3 is 2.33 bits per heavy atom. The SMILES string of the molecule is CCOC(=O)c1ccc(NC(=O)[C@H]2[C@@H](C(=O)[O-])[C@H]3C=C[C@H]2C3)cc1. The number of hydrogen-bond acceptors (Lipinski definition) is 5. The zero-order chi connectivity index (χ0) is 17.3. The van der Waals surface area contributed by atoms with Gasteiger partial charge in [-0.1, -0.05) is 12.2 Å². The van der Waals surface area contributed by atoms with Gasteiger partial charge in [0.15, 0.2) is 0 Å². The molecule has 1 N–H and O–H groups in total. The third-order valence-corrected chi connectivity index (χ3v) is 4.70. The maximum absolute atomic E-state index is 12.5. The monoisotopic (exact) mass is 328 g/mol. The van der Waals surface area contributed by atoms with E-state index < -0.39 is 23.8 Å². The molecule has 0 saturated heterocycles. The van der Waals surface area contributed by atoms with Crippen LogP contribution in [0.25, 0.3) is 0 Å². The molecule has 6 nitrogen and oxygen atoms in total. The fraction of sp³-hybridized carbons (Fsp3) is 0.389. The first-order chi connectivity index (χ1) is 11.5. The molecular weight excluding hydrogens is 310 g/mol. The maximum Gasteiger partial charge on any atom is 0.338 e. The van der Waals surface area contributed by atoms with Gasteiger partial charge in [0.25, 0.3) is 0 Å². The summed E-state index contributed by atoms with van der Waals surface area (Å²) >= 11 is 0. The smallest absolute Gasteiger partial charge is 0.338 e. The Bertz CT molecular complexity index is 694. The highest BCUT2D eigenvalue weighted by atomic mass is 16.5. The summed E-state index contributed by atoms with van der Waals surface area (Å²) in [6.45, 7) is 2.02. The van der Waals surface area contributed by atoms with Crippen LogP contribution in [0, 0.1) is 23.7 Å². The highest BCUT2D eigenvalue weighted by molar-refractivity contribution is 5.97. The number of rotatable bonds is 5. The Labute approximate surface area is 139 Å². The fourth-order valence-corrected chi connectivity index (χ4v) is 3.63. The van der Waals surface area contributed by atoms with E-state index in [0.717, 1.165) is 0 Å². The zero-order valence-corrected chi connectivity index (χ0v) is 13.2. The van der Waals surface area contributed by atoms with Crippen molar-refractivity contribution in [3.63, 3.8) is 0 Å². The number of nitrogens with one attached hydrogen (secondary N) is 1. The lowest BCUT2D eigenvalue weighted by Gasteiger charge is -2.27. The minimum absolute atomic E-state index is 0.0586. The average molecular weight is 328 g/mol. The van der Waals surface area contributed by atoms with Crippen molar-refractivity contribution in [1.82, 2.24) is 0 Å². The Balaban J connectivity index is 1.70. The van der Waals surface area contributed by atoms with Gasteiger partial charge in [-0.15, -0.1) is 0 Å². The summed E-state index contributed by atoms with van der Waals surface area (Å²) in [5.74, 6) is -3.51. The number of aliphatic carboxylic acids is 1. The van der Waals surface area contributed by atoms with Crippen molar-refractivity contribution in [3.8, 4) is 0 Å². The zero-order valence-electron chi connectivity index (χ0n) is 13.2. The van der Waals surface area contributed by atoms with Gasteiger partial charge in [0.1, 0.15) is 0 Å². The van der Waals surface area contributed by atoms with E-state index in [1.54, 1.807) is 31.2 Å². The summed E-state index contributed by atoms with van der Waals surface area (Å²) in [5, 5.41) is 14.1. The number of carboxylic acid groups (broad SMARTS) is 1. The molecule has 0 unspecified atom stereocenters. The molecule has 24 heavy (non-hydrogen) atoms. The molecule has 1 aromatic carbocycles. The summed E-state index contributed by atoms with van der Waals surface area (Å²) in [4.78, 5) is 35.5. The molecule has 1 aromatic rings. The molecule has 2 aliphatic carbocycles. The predicted molar refractivity (Wildman–Crippen MR) is 83.8 cm³/mol. The van der Waals surface area contributed by atoms with Gasteiger partial charge in [0.2, 0.25) is 5.91 Å². The summed E-state index contributed by atoms with van der Waals surface area (Å²) in [7, 11) is 0. The number of carbonyl (C=O) groups is 3. The van der Waals surface area contributed by atoms with Crippen molar-refractivity contribution in [2.75, 3.05) is 11.9 Å². The van der Waals surface area contributed by atoms with Gasteiger partial charge < -0.3 is 20.0 Å². The minimum atomic E-state index is -1.18. The predicted octanol–water partition coefficient (Wildman–Crippen LogP) is 0.990. The Morgan fingerprint density at radius 1 is 1.12 bits per heavy atom. The Hall–Kier alpha value is -2.63. The third-order valence-electron chi connectivity index (χ3n) is 4.70. The van der Waals surface area contributed by atoms with Gasteiger partial charge in [-0.05, 0) is 49.4 Å². The Kier molecular flexibility index (Phi) is 4.38. The summed E-state index contributed by atoms with van der Waals surface area (Å²) in [5.41, 5.74) is 0.905. The third kappa shape index (κ3) is 2.91. The molecule has 2 aliphatic rings. The van der Waals surface area contributed by atoms with Crippen LogP contribution in [0.15, 0.2) is 36.4 Å².